The topological polar surface area (TPSA) is 26.0 Å². The molecule has 82 valence electrons. The van der Waals surface area contributed by atoms with Crippen molar-refractivity contribution in [2.24, 2.45) is 17.1 Å². The molecular formula is C13H25N. The van der Waals surface area contributed by atoms with Gasteiger partial charge in [-0.05, 0) is 43.4 Å². The van der Waals surface area contributed by atoms with Crippen LogP contribution in [-0.4, -0.2) is 6.54 Å². The zero-order valence-corrected chi connectivity index (χ0v) is 9.97. The van der Waals surface area contributed by atoms with E-state index in [1.54, 1.807) is 5.57 Å². The third-order valence-electron chi connectivity index (χ3n) is 3.50. The quantitative estimate of drug-likeness (QED) is 0.503. The van der Waals surface area contributed by atoms with Gasteiger partial charge in [0.15, 0.2) is 0 Å². The van der Waals surface area contributed by atoms with Crippen LogP contribution in [0.2, 0.25) is 0 Å². The lowest BCUT2D eigenvalue weighted by molar-refractivity contribution is 0.216. The third-order valence-corrected chi connectivity index (χ3v) is 3.50. The lowest BCUT2D eigenvalue weighted by Crippen LogP contribution is -2.19. The molecule has 1 atom stereocenters. The summed E-state index contributed by atoms with van der Waals surface area (Å²) in [5.74, 6) is 0.895. The number of rotatable bonds is 1. The van der Waals surface area contributed by atoms with E-state index in [0.717, 1.165) is 12.5 Å². The van der Waals surface area contributed by atoms with Gasteiger partial charge in [0.2, 0.25) is 0 Å². The van der Waals surface area contributed by atoms with Crippen molar-refractivity contribution in [3.8, 4) is 0 Å². The Labute approximate surface area is 88.8 Å². The van der Waals surface area contributed by atoms with Crippen molar-refractivity contribution in [2.75, 3.05) is 6.54 Å². The van der Waals surface area contributed by atoms with Gasteiger partial charge in [0.25, 0.3) is 0 Å². The predicted molar refractivity (Wildman–Crippen MR) is 63.2 cm³/mol. The molecule has 0 saturated heterocycles. The van der Waals surface area contributed by atoms with Gasteiger partial charge in [-0.15, -0.1) is 0 Å². The summed E-state index contributed by atoms with van der Waals surface area (Å²) >= 11 is 0. The second kappa shape index (κ2) is 4.97. The molecule has 1 rings (SSSR count). The predicted octanol–water partition coefficient (Wildman–Crippen LogP) is 3.50. The van der Waals surface area contributed by atoms with E-state index in [-0.39, 0.29) is 0 Å². The van der Waals surface area contributed by atoms with Crippen molar-refractivity contribution in [1.29, 1.82) is 0 Å². The van der Waals surface area contributed by atoms with Crippen molar-refractivity contribution in [1.82, 2.24) is 0 Å². The number of hydrogen-bond acceptors (Lipinski definition) is 1. The molecule has 0 aromatic carbocycles. The summed E-state index contributed by atoms with van der Waals surface area (Å²) in [5, 5.41) is 0. The minimum absolute atomic E-state index is 0.484. The van der Waals surface area contributed by atoms with Crippen LogP contribution in [0.1, 0.15) is 52.9 Å². The number of nitrogens with two attached hydrogens (primary N) is 1. The highest BCUT2D eigenvalue weighted by Crippen LogP contribution is 2.37. The molecular weight excluding hydrogens is 170 g/mol. The summed E-state index contributed by atoms with van der Waals surface area (Å²) < 4.78 is 0. The highest BCUT2D eigenvalue weighted by molar-refractivity contribution is 5.04. The van der Waals surface area contributed by atoms with Crippen LogP contribution in [0.3, 0.4) is 0 Å². The molecule has 2 N–H and O–H groups in total. The van der Waals surface area contributed by atoms with Crippen LogP contribution in [0.15, 0.2) is 11.6 Å². The molecule has 0 amide bonds. The summed E-state index contributed by atoms with van der Waals surface area (Å²) in [7, 11) is 0. The Morgan fingerprint density at radius 3 is 2.57 bits per heavy atom. The van der Waals surface area contributed by atoms with Crippen molar-refractivity contribution in [3.63, 3.8) is 0 Å². The van der Waals surface area contributed by atoms with Gasteiger partial charge in [-0.3, -0.25) is 0 Å². The standard InChI is InChI=1S/C13H25N/c1-13(2,3)12-6-4-5-11(7-8-12)9-10-14/h9,12H,4-8,10,14H2,1-3H3/b11-9+. The first-order valence-electron chi connectivity index (χ1n) is 5.92. The maximum absolute atomic E-state index is 5.55. The van der Waals surface area contributed by atoms with Crippen LogP contribution >= 0.6 is 0 Å². The maximum atomic E-state index is 5.55. The van der Waals surface area contributed by atoms with Gasteiger partial charge in [-0.2, -0.15) is 0 Å². The van der Waals surface area contributed by atoms with E-state index in [9.17, 15) is 0 Å². The molecule has 0 radical (unpaired) electrons. The zero-order chi connectivity index (χ0) is 10.6. The van der Waals surface area contributed by atoms with Crippen molar-refractivity contribution >= 4 is 0 Å². The van der Waals surface area contributed by atoms with Crippen molar-refractivity contribution in [3.05, 3.63) is 11.6 Å². The van der Waals surface area contributed by atoms with E-state index in [0.29, 0.717) is 5.41 Å². The monoisotopic (exact) mass is 195 g/mol. The van der Waals surface area contributed by atoms with Gasteiger partial charge in [-0.25, -0.2) is 0 Å². The van der Waals surface area contributed by atoms with Gasteiger partial charge in [0, 0.05) is 6.54 Å². The van der Waals surface area contributed by atoms with E-state index in [1.165, 1.54) is 32.1 Å². The normalized spacial score (nSPS) is 27.7. The third kappa shape index (κ3) is 3.45. The van der Waals surface area contributed by atoms with Gasteiger partial charge >= 0.3 is 0 Å². The smallest absolute Gasteiger partial charge is 0.0109 e. The van der Waals surface area contributed by atoms with Crippen molar-refractivity contribution in [2.45, 2.75) is 52.9 Å². The largest absolute Gasteiger partial charge is 0.327 e. The molecule has 1 aliphatic rings. The Morgan fingerprint density at radius 2 is 2.00 bits per heavy atom. The Bertz CT molecular complexity index is 198. The fraction of sp³-hybridized carbons (Fsp3) is 0.846. The SMILES string of the molecule is CC(C)(C)C1CCC/C(=C\CN)CC1. The second-order valence-electron chi connectivity index (χ2n) is 5.59. The average Bonchev–Trinajstić information content (AvgIpc) is 2.29. The summed E-state index contributed by atoms with van der Waals surface area (Å²) in [6, 6.07) is 0. The minimum Gasteiger partial charge on any atom is -0.327 e. The highest BCUT2D eigenvalue weighted by atomic mass is 14.5. The first kappa shape index (κ1) is 11.8. The number of allylic oxidation sites excluding steroid dienone is 1. The van der Waals surface area contributed by atoms with Crippen LogP contribution in [0.25, 0.3) is 0 Å². The van der Waals surface area contributed by atoms with E-state index < -0.39 is 0 Å². The van der Waals surface area contributed by atoms with Gasteiger partial charge < -0.3 is 5.73 Å². The summed E-state index contributed by atoms with van der Waals surface area (Å²) in [4.78, 5) is 0. The molecule has 1 fully saturated rings. The first-order valence-corrected chi connectivity index (χ1v) is 5.92. The van der Waals surface area contributed by atoms with E-state index in [1.807, 2.05) is 0 Å². The molecule has 1 aliphatic carbocycles. The van der Waals surface area contributed by atoms with Crippen molar-refractivity contribution < 1.29 is 0 Å². The van der Waals surface area contributed by atoms with Gasteiger partial charge in [-0.1, -0.05) is 32.4 Å². The second-order valence-corrected chi connectivity index (χ2v) is 5.59. The Morgan fingerprint density at radius 1 is 1.29 bits per heavy atom. The molecule has 0 aromatic heterocycles. The van der Waals surface area contributed by atoms with E-state index in [2.05, 4.69) is 26.8 Å². The summed E-state index contributed by atoms with van der Waals surface area (Å²) in [6.45, 7) is 7.83. The molecule has 0 aliphatic heterocycles. The van der Waals surface area contributed by atoms with Gasteiger partial charge in [0.05, 0.1) is 0 Å². The van der Waals surface area contributed by atoms with Crippen LogP contribution in [0.4, 0.5) is 0 Å². The summed E-state index contributed by atoms with van der Waals surface area (Å²) in [5.41, 5.74) is 7.64. The van der Waals surface area contributed by atoms with Crippen LogP contribution < -0.4 is 5.73 Å². The molecule has 14 heavy (non-hydrogen) atoms. The highest BCUT2D eigenvalue weighted by Gasteiger charge is 2.25. The molecule has 0 aromatic rings. The molecule has 1 saturated carbocycles. The molecule has 0 bridgehead atoms. The molecule has 0 heterocycles. The fourth-order valence-electron chi connectivity index (χ4n) is 2.44. The summed E-state index contributed by atoms with van der Waals surface area (Å²) in [6.07, 6.45) is 8.89. The number of hydrogen-bond donors (Lipinski definition) is 1. The van der Waals surface area contributed by atoms with E-state index in [4.69, 9.17) is 5.73 Å². The first-order chi connectivity index (χ1) is 6.54. The molecule has 1 unspecified atom stereocenters. The van der Waals surface area contributed by atoms with Gasteiger partial charge in [0.1, 0.15) is 0 Å². The Hall–Kier alpha value is -0.300. The lowest BCUT2D eigenvalue weighted by atomic mass is 9.76. The Kier molecular flexibility index (Phi) is 4.18. The van der Waals surface area contributed by atoms with Crippen LogP contribution in [0, 0.1) is 11.3 Å². The van der Waals surface area contributed by atoms with Crippen LogP contribution in [-0.2, 0) is 0 Å². The van der Waals surface area contributed by atoms with Crippen LogP contribution in [0.5, 0.6) is 0 Å². The molecule has 1 heteroatoms. The minimum atomic E-state index is 0.484. The molecule has 0 spiro atoms. The fourth-order valence-corrected chi connectivity index (χ4v) is 2.44. The average molecular weight is 195 g/mol. The zero-order valence-electron chi connectivity index (χ0n) is 9.97. The molecule has 1 nitrogen and oxygen atoms in total. The van der Waals surface area contributed by atoms with E-state index >= 15 is 0 Å². The Balaban J connectivity index is 2.53. The lowest BCUT2D eigenvalue weighted by Gasteiger charge is -2.29. The maximum Gasteiger partial charge on any atom is 0.0109 e.